The molecule has 1 aromatic carbocycles. The lowest BCUT2D eigenvalue weighted by atomic mass is 10.1. The van der Waals surface area contributed by atoms with E-state index in [-0.39, 0.29) is 22.6 Å². The summed E-state index contributed by atoms with van der Waals surface area (Å²) in [5.41, 5.74) is 0.915. The third kappa shape index (κ3) is 4.03. The normalized spacial score (nSPS) is 12.0. The van der Waals surface area contributed by atoms with Crippen LogP contribution in [0.25, 0.3) is 11.3 Å². The van der Waals surface area contributed by atoms with Gasteiger partial charge >= 0.3 is 11.9 Å². The highest BCUT2D eigenvalue weighted by atomic mass is 32.2. The number of aromatic nitrogens is 3. The summed E-state index contributed by atoms with van der Waals surface area (Å²) < 4.78 is 6.08. The van der Waals surface area contributed by atoms with E-state index < -0.39 is 23.5 Å². The molecule has 0 saturated carbocycles. The minimum atomic E-state index is -1.06. The molecule has 1 atom stereocenters. The van der Waals surface area contributed by atoms with Crippen LogP contribution >= 0.6 is 11.8 Å². The lowest BCUT2D eigenvalue weighted by Crippen LogP contribution is -2.23. The molecule has 1 aromatic rings. The Morgan fingerprint density at radius 3 is 2.70 bits per heavy atom. The molecule has 0 aromatic heterocycles. The number of nitrogens with zero attached hydrogens (tertiary/aromatic N) is 2. The molecular weight excluding hydrogens is 370 g/mol. The minimum absolute atomic E-state index is 0.0349. The fourth-order valence-electron chi connectivity index (χ4n) is 2.64. The molecule has 9 heteroatoms. The molecule has 0 bridgehead atoms. The number of aliphatic carboxylic acids is 1. The van der Waals surface area contributed by atoms with Crippen molar-refractivity contribution in [1.82, 2.24) is 14.8 Å². The molecule has 0 fully saturated rings. The summed E-state index contributed by atoms with van der Waals surface area (Å²) in [6.07, 6.45) is 2.76. The maximum absolute atomic E-state index is 12.0. The summed E-state index contributed by atoms with van der Waals surface area (Å²) in [4.78, 5) is 35.8. The van der Waals surface area contributed by atoms with E-state index in [1.54, 1.807) is 0 Å². The van der Waals surface area contributed by atoms with Crippen LogP contribution in [0.4, 0.5) is 0 Å². The number of fused-ring (bicyclic) bond motifs is 1. The Morgan fingerprint density at radius 1 is 1.30 bits per heavy atom. The molecule has 0 amide bonds. The van der Waals surface area contributed by atoms with Gasteiger partial charge in [-0.05, 0) is 5.56 Å². The van der Waals surface area contributed by atoms with Gasteiger partial charge in [0, 0.05) is 23.9 Å². The van der Waals surface area contributed by atoms with Crippen molar-refractivity contribution in [3.05, 3.63) is 64.2 Å². The van der Waals surface area contributed by atoms with Crippen LogP contribution in [-0.2, 0) is 15.3 Å². The number of pyridine rings is 1. The van der Waals surface area contributed by atoms with Gasteiger partial charge in [0.25, 0.3) is 5.56 Å². The Labute approximate surface area is 158 Å². The molecule has 0 spiro atoms. The van der Waals surface area contributed by atoms with E-state index in [0.717, 1.165) is 5.56 Å². The van der Waals surface area contributed by atoms with Gasteiger partial charge in [-0.1, -0.05) is 30.3 Å². The summed E-state index contributed by atoms with van der Waals surface area (Å²) in [5, 5.41) is 15.8. The number of hydrogen-bond donors (Lipinski definition) is 2. The number of methoxy groups -OCH3 is 1. The molecule has 2 aliphatic rings. The topological polar surface area (TPSA) is 114 Å². The second-order valence-corrected chi connectivity index (χ2v) is 6.81. The van der Waals surface area contributed by atoms with Gasteiger partial charge in [-0.3, -0.25) is 4.79 Å². The second kappa shape index (κ2) is 8.09. The van der Waals surface area contributed by atoms with Gasteiger partial charge < -0.3 is 14.4 Å². The number of thioether (sulfide) groups is 1. The number of H-pyrrole nitrogens is 1. The van der Waals surface area contributed by atoms with E-state index in [1.165, 1.54) is 35.8 Å². The standard InChI is InChI=1S/C18H17N3O5S/c1-26-18(25)13-8-21(7-12-15(13)19-20-16(12)22)14(17(23)24)10-27-9-11-5-3-2-4-6-11/h2-8,14H,9-10H2,1H3,(H,20,22)(H,23,24)/t14-/m1/s1. The van der Waals surface area contributed by atoms with Crippen LogP contribution < -0.4 is 5.56 Å². The molecular formula is C18H17N3O5S. The summed E-state index contributed by atoms with van der Waals surface area (Å²) in [7, 11) is 1.21. The number of benzene rings is 1. The average Bonchev–Trinajstić information content (AvgIpc) is 3.05. The number of nitrogens with one attached hydrogen (secondary N) is 1. The van der Waals surface area contributed by atoms with Gasteiger partial charge in [-0.2, -0.15) is 16.9 Å². The van der Waals surface area contributed by atoms with Crippen molar-refractivity contribution in [2.75, 3.05) is 12.9 Å². The Kier molecular flexibility index (Phi) is 5.60. The van der Waals surface area contributed by atoms with Crippen molar-refractivity contribution in [1.29, 1.82) is 0 Å². The summed E-state index contributed by atoms with van der Waals surface area (Å²) >= 11 is 1.45. The van der Waals surface area contributed by atoms with E-state index in [0.29, 0.717) is 5.75 Å². The first-order valence-corrected chi connectivity index (χ1v) is 9.19. The Bertz CT molecular complexity index is 982. The van der Waals surface area contributed by atoms with Crippen molar-refractivity contribution in [3.8, 4) is 11.3 Å². The number of carbonyl (C=O) groups excluding carboxylic acids is 1. The zero-order chi connectivity index (χ0) is 19.4. The lowest BCUT2D eigenvalue weighted by Gasteiger charge is -2.18. The maximum atomic E-state index is 12.0. The highest BCUT2D eigenvalue weighted by Crippen LogP contribution is 2.25. The zero-order valence-corrected chi connectivity index (χ0v) is 15.2. The molecule has 8 nitrogen and oxygen atoms in total. The number of hydrogen-bond acceptors (Lipinski definition) is 6. The van der Waals surface area contributed by atoms with Gasteiger partial charge in [-0.15, -0.1) is 0 Å². The van der Waals surface area contributed by atoms with Crippen LogP contribution in [0.2, 0.25) is 0 Å². The van der Waals surface area contributed by atoms with Crippen molar-refractivity contribution in [2.45, 2.75) is 11.8 Å². The Hall–Kier alpha value is -3.07. The first-order valence-electron chi connectivity index (χ1n) is 8.04. The minimum Gasteiger partial charge on any atom is -0.480 e. The highest BCUT2D eigenvalue weighted by molar-refractivity contribution is 7.98. The molecule has 0 unspecified atom stereocenters. The van der Waals surface area contributed by atoms with Gasteiger partial charge in [0.2, 0.25) is 0 Å². The second-order valence-electron chi connectivity index (χ2n) is 5.78. The van der Waals surface area contributed by atoms with Crippen molar-refractivity contribution < 1.29 is 19.4 Å². The maximum Gasteiger partial charge on any atom is 0.341 e. The SMILES string of the molecule is COC(=O)c1cn([C@H](CSCc2ccccc2)C(=O)O)cc2c(=O)[nH]nc1-2. The van der Waals surface area contributed by atoms with E-state index >= 15 is 0 Å². The molecule has 27 heavy (non-hydrogen) atoms. The molecule has 0 radical (unpaired) electrons. The van der Waals surface area contributed by atoms with Gasteiger partial charge in [-0.25, -0.2) is 14.7 Å². The van der Waals surface area contributed by atoms with E-state index in [9.17, 15) is 19.5 Å². The first-order chi connectivity index (χ1) is 13.0. The quantitative estimate of drug-likeness (QED) is 0.596. The van der Waals surface area contributed by atoms with Crippen molar-refractivity contribution in [3.63, 3.8) is 0 Å². The number of rotatable bonds is 7. The smallest absolute Gasteiger partial charge is 0.341 e. The fraction of sp³-hybridized carbons (Fsp3) is 0.222. The number of carboxylic acid groups (broad SMARTS) is 1. The molecule has 2 heterocycles. The summed E-state index contributed by atoms with van der Waals surface area (Å²) in [6.45, 7) is 0. The number of esters is 1. The van der Waals surface area contributed by atoms with Crippen LogP contribution in [0.3, 0.4) is 0 Å². The monoisotopic (exact) mass is 387 g/mol. The summed E-state index contributed by atoms with van der Waals surface area (Å²) in [5.74, 6) is -0.850. The van der Waals surface area contributed by atoms with Crippen LogP contribution in [0.1, 0.15) is 22.0 Å². The third-order valence-electron chi connectivity index (χ3n) is 4.02. The molecule has 3 rings (SSSR count). The largest absolute Gasteiger partial charge is 0.480 e. The third-order valence-corrected chi connectivity index (χ3v) is 5.11. The Balaban J connectivity index is 1.90. The molecule has 0 aliphatic carbocycles. The predicted molar refractivity (Wildman–Crippen MR) is 100 cm³/mol. The number of carbonyl (C=O) groups is 2. The molecule has 2 N–H and O–H groups in total. The van der Waals surface area contributed by atoms with Crippen LogP contribution in [-0.4, -0.2) is 44.7 Å². The number of ether oxygens (including phenoxy) is 1. The van der Waals surface area contributed by atoms with E-state index in [2.05, 4.69) is 10.2 Å². The molecule has 2 aliphatic heterocycles. The van der Waals surface area contributed by atoms with E-state index in [1.807, 2.05) is 30.3 Å². The van der Waals surface area contributed by atoms with Crippen LogP contribution in [0, 0.1) is 0 Å². The molecule has 140 valence electrons. The van der Waals surface area contributed by atoms with Gasteiger partial charge in [0.15, 0.2) is 0 Å². The predicted octanol–water partition coefficient (Wildman–Crippen LogP) is 2.02. The summed E-state index contributed by atoms with van der Waals surface area (Å²) in [6, 6.07) is 8.73. The average molecular weight is 387 g/mol. The Morgan fingerprint density at radius 2 is 2.04 bits per heavy atom. The van der Waals surface area contributed by atoms with Crippen molar-refractivity contribution >= 4 is 23.7 Å². The number of carboxylic acids is 1. The van der Waals surface area contributed by atoms with Gasteiger partial charge in [0.1, 0.15) is 17.3 Å². The zero-order valence-electron chi connectivity index (χ0n) is 14.4. The fourth-order valence-corrected chi connectivity index (χ4v) is 3.73. The molecule has 0 saturated heterocycles. The van der Waals surface area contributed by atoms with Crippen molar-refractivity contribution in [2.24, 2.45) is 0 Å². The highest BCUT2D eigenvalue weighted by Gasteiger charge is 2.26. The van der Waals surface area contributed by atoms with Gasteiger partial charge in [0.05, 0.1) is 12.7 Å². The number of aromatic amines is 1. The van der Waals surface area contributed by atoms with E-state index in [4.69, 9.17) is 4.74 Å². The van der Waals surface area contributed by atoms with Crippen LogP contribution in [0.15, 0.2) is 47.5 Å². The lowest BCUT2D eigenvalue weighted by molar-refractivity contribution is -0.140. The van der Waals surface area contributed by atoms with Crippen LogP contribution in [0.5, 0.6) is 0 Å². The first kappa shape index (κ1) is 18.7.